The Morgan fingerprint density at radius 1 is 1.12 bits per heavy atom. The number of aromatic nitrogens is 1. The molecule has 1 heterocycles. The topological polar surface area (TPSA) is 48.0 Å². The quantitative estimate of drug-likeness (QED) is 0.858. The summed E-state index contributed by atoms with van der Waals surface area (Å²) < 4.78 is 1.56. The van der Waals surface area contributed by atoms with Crippen molar-refractivity contribution >= 4 is 5.69 Å². The lowest BCUT2D eigenvalue weighted by molar-refractivity contribution is 0.864. The van der Waals surface area contributed by atoms with E-state index in [4.69, 9.17) is 5.73 Å². The minimum atomic E-state index is -0.176. The number of pyridine rings is 1. The molecule has 88 valence electrons. The molecule has 0 saturated carbocycles. The van der Waals surface area contributed by atoms with Gasteiger partial charge in [-0.1, -0.05) is 26.0 Å². The normalized spacial score (nSPS) is 10.8. The van der Waals surface area contributed by atoms with Gasteiger partial charge in [0.25, 0.3) is 5.56 Å². The molecule has 17 heavy (non-hydrogen) atoms. The Hall–Kier alpha value is -2.03. The van der Waals surface area contributed by atoms with E-state index in [1.165, 1.54) is 5.56 Å². The van der Waals surface area contributed by atoms with Crippen molar-refractivity contribution in [1.29, 1.82) is 0 Å². The Morgan fingerprint density at radius 2 is 1.76 bits per heavy atom. The fraction of sp³-hybridized carbons (Fsp3) is 0.214. The number of hydrogen-bond donors (Lipinski definition) is 1. The fourth-order valence-electron chi connectivity index (χ4n) is 1.73. The minimum absolute atomic E-state index is 0.176. The van der Waals surface area contributed by atoms with E-state index in [2.05, 4.69) is 13.8 Å². The van der Waals surface area contributed by atoms with Crippen LogP contribution in [0.5, 0.6) is 0 Å². The zero-order chi connectivity index (χ0) is 12.4. The van der Waals surface area contributed by atoms with Gasteiger partial charge in [-0.2, -0.15) is 0 Å². The predicted octanol–water partition coefficient (Wildman–Crippen LogP) is 2.54. The van der Waals surface area contributed by atoms with Crippen molar-refractivity contribution in [2.24, 2.45) is 0 Å². The highest BCUT2D eigenvalue weighted by Gasteiger charge is 2.03. The molecule has 0 saturated heterocycles. The van der Waals surface area contributed by atoms with E-state index in [9.17, 15) is 4.79 Å². The van der Waals surface area contributed by atoms with Crippen molar-refractivity contribution < 1.29 is 0 Å². The van der Waals surface area contributed by atoms with Gasteiger partial charge in [-0.05, 0) is 35.7 Å². The molecule has 2 rings (SSSR count). The predicted molar refractivity (Wildman–Crippen MR) is 70.5 cm³/mol. The summed E-state index contributed by atoms with van der Waals surface area (Å²) in [6.45, 7) is 4.28. The van der Waals surface area contributed by atoms with Gasteiger partial charge in [0.05, 0.1) is 5.69 Å². The summed E-state index contributed by atoms with van der Waals surface area (Å²) >= 11 is 0. The number of hydrogen-bond acceptors (Lipinski definition) is 2. The summed E-state index contributed by atoms with van der Waals surface area (Å²) in [6, 6.07) is 11.3. The van der Waals surface area contributed by atoms with Gasteiger partial charge in [-0.3, -0.25) is 9.36 Å². The molecular formula is C14H16N2O. The first-order valence-electron chi connectivity index (χ1n) is 5.67. The lowest BCUT2D eigenvalue weighted by Crippen LogP contribution is -2.20. The summed E-state index contributed by atoms with van der Waals surface area (Å²) in [5.74, 6) is 0.488. The van der Waals surface area contributed by atoms with E-state index in [1.807, 2.05) is 24.3 Å². The summed E-state index contributed by atoms with van der Waals surface area (Å²) in [5.41, 5.74) is 7.79. The van der Waals surface area contributed by atoms with Crippen LogP contribution < -0.4 is 11.3 Å². The molecule has 0 bridgehead atoms. The third-order valence-electron chi connectivity index (χ3n) is 2.81. The van der Waals surface area contributed by atoms with E-state index in [-0.39, 0.29) is 11.2 Å². The molecule has 0 fully saturated rings. The third kappa shape index (κ3) is 2.23. The average molecular weight is 228 g/mol. The van der Waals surface area contributed by atoms with Crippen LogP contribution in [0, 0.1) is 0 Å². The third-order valence-corrected chi connectivity index (χ3v) is 2.81. The van der Waals surface area contributed by atoms with Crippen LogP contribution in [0.15, 0.2) is 47.4 Å². The summed E-state index contributed by atoms with van der Waals surface area (Å²) in [6.07, 6.45) is 1.73. The Morgan fingerprint density at radius 3 is 2.35 bits per heavy atom. The molecule has 0 atom stereocenters. The van der Waals surface area contributed by atoms with Crippen molar-refractivity contribution in [3.63, 3.8) is 0 Å². The molecule has 2 aromatic rings. The first-order valence-corrected chi connectivity index (χ1v) is 5.67. The van der Waals surface area contributed by atoms with Gasteiger partial charge in [0.15, 0.2) is 0 Å². The van der Waals surface area contributed by atoms with Crippen LogP contribution in [0.4, 0.5) is 5.69 Å². The van der Waals surface area contributed by atoms with Crippen molar-refractivity contribution in [3.8, 4) is 5.69 Å². The van der Waals surface area contributed by atoms with Crippen molar-refractivity contribution in [2.45, 2.75) is 19.8 Å². The molecule has 0 amide bonds. The van der Waals surface area contributed by atoms with Gasteiger partial charge in [0, 0.05) is 11.9 Å². The molecule has 0 unspecified atom stereocenters. The second-order valence-electron chi connectivity index (χ2n) is 4.38. The van der Waals surface area contributed by atoms with Gasteiger partial charge in [-0.25, -0.2) is 0 Å². The molecule has 1 aromatic heterocycles. The van der Waals surface area contributed by atoms with E-state index in [0.29, 0.717) is 5.92 Å². The van der Waals surface area contributed by atoms with Crippen LogP contribution >= 0.6 is 0 Å². The smallest absolute Gasteiger partial charge is 0.278 e. The maximum absolute atomic E-state index is 11.8. The second-order valence-corrected chi connectivity index (χ2v) is 4.38. The van der Waals surface area contributed by atoms with Gasteiger partial charge < -0.3 is 5.73 Å². The number of nitrogen functional groups attached to an aromatic ring is 1. The highest BCUT2D eigenvalue weighted by atomic mass is 16.1. The van der Waals surface area contributed by atoms with Crippen LogP contribution in [0.25, 0.3) is 5.69 Å². The molecule has 0 spiro atoms. The Balaban J connectivity index is 2.47. The van der Waals surface area contributed by atoms with Crippen LogP contribution in [0.1, 0.15) is 25.3 Å². The SMILES string of the molecule is CC(C)c1ccc(-n2cccc(N)c2=O)cc1. The Kier molecular flexibility index (Phi) is 3.00. The molecular weight excluding hydrogens is 212 g/mol. The van der Waals surface area contributed by atoms with E-state index in [1.54, 1.807) is 22.9 Å². The average Bonchev–Trinajstić information content (AvgIpc) is 2.33. The number of nitrogens with two attached hydrogens (primary N) is 1. The van der Waals surface area contributed by atoms with Crippen LogP contribution in [0.3, 0.4) is 0 Å². The Labute approximate surface area is 101 Å². The molecule has 3 nitrogen and oxygen atoms in total. The van der Waals surface area contributed by atoms with Crippen LogP contribution in [-0.4, -0.2) is 4.57 Å². The van der Waals surface area contributed by atoms with Crippen molar-refractivity contribution in [2.75, 3.05) is 5.73 Å². The number of rotatable bonds is 2. The molecule has 0 aliphatic carbocycles. The standard InChI is InChI=1S/C14H16N2O/c1-10(2)11-5-7-12(8-6-11)16-9-3-4-13(15)14(16)17/h3-10H,15H2,1-2H3. The molecule has 1 aromatic carbocycles. The molecule has 2 N–H and O–H groups in total. The minimum Gasteiger partial charge on any atom is -0.394 e. The number of anilines is 1. The molecule has 0 aliphatic rings. The first kappa shape index (κ1) is 11.5. The van der Waals surface area contributed by atoms with E-state index in [0.717, 1.165) is 5.69 Å². The number of benzene rings is 1. The Bertz CT molecular complexity index is 568. The van der Waals surface area contributed by atoms with Gasteiger partial charge in [0.2, 0.25) is 0 Å². The zero-order valence-corrected chi connectivity index (χ0v) is 10.1. The number of nitrogens with zero attached hydrogens (tertiary/aromatic N) is 1. The largest absolute Gasteiger partial charge is 0.394 e. The lowest BCUT2D eigenvalue weighted by atomic mass is 10.0. The summed E-state index contributed by atoms with van der Waals surface area (Å²) in [7, 11) is 0. The van der Waals surface area contributed by atoms with Gasteiger partial charge >= 0.3 is 0 Å². The van der Waals surface area contributed by atoms with Crippen molar-refractivity contribution in [3.05, 3.63) is 58.5 Å². The summed E-state index contributed by atoms with van der Waals surface area (Å²) in [4.78, 5) is 11.8. The summed E-state index contributed by atoms with van der Waals surface area (Å²) in [5, 5.41) is 0. The maximum atomic E-state index is 11.8. The van der Waals surface area contributed by atoms with E-state index >= 15 is 0 Å². The fourth-order valence-corrected chi connectivity index (χ4v) is 1.73. The maximum Gasteiger partial charge on any atom is 0.278 e. The first-order chi connectivity index (χ1) is 8.09. The van der Waals surface area contributed by atoms with Gasteiger partial charge in [0.1, 0.15) is 0 Å². The monoisotopic (exact) mass is 228 g/mol. The molecule has 0 aliphatic heterocycles. The highest BCUT2D eigenvalue weighted by molar-refractivity contribution is 5.41. The van der Waals surface area contributed by atoms with Crippen molar-refractivity contribution in [1.82, 2.24) is 4.57 Å². The van der Waals surface area contributed by atoms with E-state index < -0.39 is 0 Å². The molecule has 3 heteroatoms. The second kappa shape index (κ2) is 4.45. The lowest BCUT2D eigenvalue weighted by Gasteiger charge is -2.09. The zero-order valence-electron chi connectivity index (χ0n) is 10.1. The van der Waals surface area contributed by atoms with Crippen LogP contribution in [0.2, 0.25) is 0 Å². The highest BCUT2D eigenvalue weighted by Crippen LogP contribution is 2.16. The molecule has 0 radical (unpaired) electrons. The van der Waals surface area contributed by atoms with Crippen LogP contribution in [-0.2, 0) is 0 Å². The van der Waals surface area contributed by atoms with Gasteiger partial charge in [-0.15, -0.1) is 0 Å².